The Morgan fingerprint density at radius 1 is 1.10 bits per heavy atom. The van der Waals surface area contributed by atoms with Gasteiger partial charge in [0.1, 0.15) is 0 Å². The van der Waals surface area contributed by atoms with Crippen molar-refractivity contribution in [2.75, 3.05) is 0 Å². The zero-order valence-electron chi connectivity index (χ0n) is 6.95. The number of hydrogen-bond acceptors (Lipinski definition) is 0. The van der Waals surface area contributed by atoms with Gasteiger partial charge in [0.25, 0.3) is 0 Å². The summed E-state index contributed by atoms with van der Waals surface area (Å²) in [6, 6.07) is 0. The van der Waals surface area contributed by atoms with Gasteiger partial charge in [-0.2, -0.15) is 0 Å². The van der Waals surface area contributed by atoms with Gasteiger partial charge in [0.2, 0.25) is 0 Å². The standard InChI is InChI=1S/C7H10.C2H6.Ar/c1-7-5-3-2-4-6-7;1-2;/h3-7H,2H2,1H3;1-2H3;. The smallest absolute Gasteiger partial charge is 0 e. The fourth-order valence-corrected chi connectivity index (χ4v) is 0.729. The third-order valence-electron chi connectivity index (χ3n) is 1.15. The largest absolute Gasteiger partial charge is 0.0842 e. The minimum Gasteiger partial charge on any atom is -0.0842 e. The van der Waals surface area contributed by atoms with E-state index >= 15 is 0 Å². The van der Waals surface area contributed by atoms with Crippen LogP contribution in [-0.2, 0) is 0 Å². The molecule has 0 fully saturated rings. The molecule has 0 saturated carbocycles. The van der Waals surface area contributed by atoms with Crippen molar-refractivity contribution < 1.29 is 37.7 Å². The van der Waals surface area contributed by atoms with Crippen molar-refractivity contribution in [1.29, 1.82) is 0 Å². The molecule has 0 amide bonds. The summed E-state index contributed by atoms with van der Waals surface area (Å²) in [6.07, 6.45) is 9.97. The fourth-order valence-electron chi connectivity index (χ4n) is 0.729. The predicted molar refractivity (Wildman–Crippen MR) is 43.4 cm³/mol. The summed E-state index contributed by atoms with van der Waals surface area (Å²) >= 11 is 0. The maximum absolute atomic E-state index is 2.22. The van der Waals surface area contributed by atoms with Crippen LogP contribution >= 0.6 is 0 Å². The molecule has 0 radical (unpaired) electrons. The van der Waals surface area contributed by atoms with Gasteiger partial charge in [-0.15, -0.1) is 0 Å². The van der Waals surface area contributed by atoms with Crippen molar-refractivity contribution in [3.8, 4) is 0 Å². The van der Waals surface area contributed by atoms with Crippen LogP contribution in [0.5, 0.6) is 0 Å². The molecule has 0 saturated heterocycles. The molecule has 0 aromatic heterocycles. The van der Waals surface area contributed by atoms with Crippen molar-refractivity contribution >= 4 is 0 Å². The van der Waals surface area contributed by atoms with Crippen molar-refractivity contribution in [3.05, 3.63) is 24.3 Å². The first-order valence-electron chi connectivity index (χ1n) is 3.73. The van der Waals surface area contributed by atoms with Gasteiger partial charge < -0.3 is 0 Å². The molecule has 0 spiro atoms. The second-order valence-corrected chi connectivity index (χ2v) is 1.95. The van der Waals surface area contributed by atoms with Gasteiger partial charge in [-0.1, -0.05) is 45.1 Å². The summed E-state index contributed by atoms with van der Waals surface area (Å²) in [6.45, 7) is 6.19. The predicted octanol–water partition coefficient (Wildman–Crippen LogP) is 3.16. The number of rotatable bonds is 0. The van der Waals surface area contributed by atoms with Crippen LogP contribution in [-0.4, -0.2) is 0 Å². The second-order valence-electron chi connectivity index (χ2n) is 1.95. The Bertz CT molecular complexity index is 91.3. The van der Waals surface area contributed by atoms with E-state index in [2.05, 4.69) is 31.2 Å². The second kappa shape index (κ2) is 9.74. The van der Waals surface area contributed by atoms with Crippen molar-refractivity contribution in [2.24, 2.45) is 5.92 Å². The van der Waals surface area contributed by atoms with Crippen LogP contribution in [0, 0.1) is 43.7 Å². The summed E-state index contributed by atoms with van der Waals surface area (Å²) in [5.74, 6) is 0.675. The molecule has 60 valence electrons. The zero-order valence-corrected chi connectivity index (χ0v) is 7.65. The molecular weight excluding hydrogens is 148 g/mol. The van der Waals surface area contributed by atoms with Crippen molar-refractivity contribution in [1.82, 2.24) is 0 Å². The van der Waals surface area contributed by atoms with E-state index < -0.39 is 0 Å². The van der Waals surface area contributed by atoms with Crippen LogP contribution in [0.25, 0.3) is 0 Å². The summed E-state index contributed by atoms with van der Waals surface area (Å²) in [5, 5.41) is 0. The Labute approximate surface area is 94.4 Å². The van der Waals surface area contributed by atoms with Crippen molar-refractivity contribution in [2.45, 2.75) is 27.2 Å². The normalized spacial score (nSPS) is 15.1. The molecule has 0 atom stereocenters. The van der Waals surface area contributed by atoms with E-state index in [0.29, 0.717) is 5.92 Å². The van der Waals surface area contributed by atoms with Crippen molar-refractivity contribution in [3.63, 3.8) is 0 Å². The average Bonchev–Trinajstić information content (AvgIpc) is 1.94. The summed E-state index contributed by atoms with van der Waals surface area (Å²) in [4.78, 5) is 0. The quantitative estimate of drug-likeness (QED) is 0.482. The van der Waals surface area contributed by atoms with E-state index in [4.69, 9.17) is 0 Å². The van der Waals surface area contributed by atoms with Crippen LogP contribution in [0.15, 0.2) is 24.3 Å². The Morgan fingerprint density at radius 2 is 1.50 bits per heavy atom. The molecule has 0 N–H and O–H groups in total. The van der Waals surface area contributed by atoms with E-state index in [0.717, 1.165) is 6.42 Å². The molecule has 1 rings (SSSR count). The molecule has 0 bridgehead atoms. The van der Waals surface area contributed by atoms with Gasteiger partial charge in [0.15, 0.2) is 0 Å². The molecule has 0 aliphatic heterocycles. The molecule has 1 aliphatic rings. The molecule has 1 aliphatic carbocycles. The van der Waals surface area contributed by atoms with Gasteiger partial charge in [-0.25, -0.2) is 0 Å². The third-order valence-corrected chi connectivity index (χ3v) is 1.15. The molecule has 0 aromatic carbocycles. The summed E-state index contributed by atoms with van der Waals surface area (Å²) in [5.41, 5.74) is 0. The maximum atomic E-state index is 2.22. The van der Waals surface area contributed by atoms with Crippen LogP contribution in [0.3, 0.4) is 0 Å². The molecule has 0 aromatic rings. The van der Waals surface area contributed by atoms with Gasteiger partial charge in [0, 0.05) is 37.7 Å². The molecular formula is C9H16Ar. The molecule has 10 heavy (non-hydrogen) atoms. The first-order chi connectivity index (χ1) is 4.39. The topological polar surface area (TPSA) is 0 Å². The summed E-state index contributed by atoms with van der Waals surface area (Å²) in [7, 11) is 0. The van der Waals surface area contributed by atoms with Crippen LogP contribution < -0.4 is 0 Å². The minimum absolute atomic E-state index is 0. The molecule has 0 heterocycles. The number of hydrogen-bond donors (Lipinski definition) is 0. The zero-order chi connectivity index (χ0) is 7.11. The van der Waals surface area contributed by atoms with Gasteiger partial charge in [0.05, 0.1) is 0 Å². The van der Waals surface area contributed by atoms with E-state index in [1.54, 1.807) is 0 Å². The van der Waals surface area contributed by atoms with Crippen LogP contribution in [0.4, 0.5) is 0 Å². The van der Waals surface area contributed by atoms with E-state index in [1.165, 1.54) is 0 Å². The molecule has 0 nitrogen and oxygen atoms in total. The van der Waals surface area contributed by atoms with Gasteiger partial charge >= 0.3 is 0 Å². The summed E-state index contributed by atoms with van der Waals surface area (Å²) < 4.78 is 0. The Kier molecular flexibility index (Phi) is 13.0. The van der Waals surface area contributed by atoms with E-state index in [1.807, 2.05) is 13.8 Å². The van der Waals surface area contributed by atoms with Gasteiger partial charge in [-0.05, 0) is 12.3 Å². The van der Waals surface area contributed by atoms with E-state index in [9.17, 15) is 0 Å². The minimum atomic E-state index is 0. The SMILES string of the molecule is CC.CC1C=CCC=C1.[Ar]. The Hall–Kier alpha value is 0.740. The van der Waals surface area contributed by atoms with Gasteiger partial charge in [-0.3, -0.25) is 0 Å². The maximum Gasteiger partial charge on any atom is 0 e. The monoisotopic (exact) mass is 164 g/mol. The molecule has 1 heteroatoms. The first-order valence-corrected chi connectivity index (χ1v) is 3.73. The van der Waals surface area contributed by atoms with Crippen LogP contribution in [0.1, 0.15) is 27.2 Å². The third kappa shape index (κ3) is 6.85. The Balaban J connectivity index is 0. The van der Waals surface area contributed by atoms with Crippen LogP contribution in [0.2, 0.25) is 0 Å². The van der Waals surface area contributed by atoms with E-state index in [-0.39, 0.29) is 37.7 Å². The molecule has 0 unspecified atom stereocenters. The average molecular weight is 164 g/mol. The number of allylic oxidation sites excluding steroid dienone is 4. The Morgan fingerprint density at radius 3 is 1.70 bits per heavy atom. The first kappa shape index (κ1) is 13.3. The fraction of sp³-hybridized carbons (Fsp3) is 0.556.